The first kappa shape index (κ1) is 38.1. The fourth-order valence-electron chi connectivity index (χ4n) is 4.34. The third-order valence-electron chi connectivity index (χ3n) is 6.92. The van der Waals surface area contributed by atoms with E-state index >= 15 is 0 Å². The second kappa shape index (κ2) is 24.5. The Hall–Kier alpha value is -3.96. The minimum Gasteiger partial charge on any atom is -0.481 e. The third-order valence-corrected chi connectivity index (χ3v) is 6.92. The molecule has 44 heavy (non-hydrogen) atoms. The summed E-state index contributed by atoms with van der Waals surface area (Å²) >= 11 is 0. The van der Waals surface area contributed by atoms with E-state index in [1.54, 1.807) is 24.3 Å². The van der Waals surface area contributed by atoms with E-state index in [1.807, 2.05) is 0 Å². The van der Waals surface area contributed by atoms with E-state index in [9.17, 15) is 28.8 Å². The highest BCUT2D eigenvalue weighted by Gasteiger charge is 2.09. The summed E-state index contributed by atoms with van der Waals surface area (Å²) in [5.41, 5.74) is 0.922. The molecule has 246 valence electrons. The number of carboxylic acid groups (broad SMARTS) is 2. The SMILES string of the molecule is O=C(O)CCCCCNC(=O)CCCCCNC(=O)c1ccc(C(=O)NCCCCCC(=O)NCCCCCC(=O)O)cc1. The van der Waals surface area contributed by atoms with E-state index in [2.05, 4.69) is 21.3 Å². The number of amides is 4. The molecule has 12 heteroatoms. The van der Waals surface area contributed by atoms with Crippen LogP contribution in [0.15, 0.2) is 24.3 Å². The van der Waals surface area contributed by atoms with Crippen LogP contribution < -0.4 is 21.3 Å². The number of hydrogen-bond acceptors (Lipinski definition) is 6. The maximum Gasteiger partial charge on any atom is 0.303 e. The highest BCUT2D eigenvalue weighted by molar-refractivity contribution is 5.97. The first-order valence-electron chi connectivity index (χ1n) is 15.8. The molecule has 4 amide bonds. The van der Waals surface area contributed by atoms with E-state index in [0.29, 0.717) is 63.0 Å². The van der Waals surface area contributed by atoms with Gasteiger partial charge >= 0.3 is 11.9 Å². The molecule has 0 radical (unpaired) electrons. The zero-order valence-electron chi connectivity index (χ0n) is 25.8. The van der Waals surface area contributed by atoms with Gasteiger partial charge in [-0.05, 0) is 75.6 Å². The van der Waals surface area contributed by atoms with Crippen molar-refractivity contribution in [3.8, 4) is 0 Å². The van der Waals surface area contributed by atoms with Crippen LogP contribution in [0.5, 0.6) is 0 Å². The Morgan fingerprint density at radius 3 is 1.02 bits per heavy atom. The molecule has 0 unspecified atom stereocenters. The normalized spacial score (nSPS) is 10.5. The largest absolute Gasteiger partial charge is 0.481 e. The van der Waals surface area contributed by atoms with Crippen LogP contribution in [0.2, 0.25) is 0 Å². The van der Waals surface area contributed by atoms with Crippen LogP contribution >= 0.6 is 0 Å². The molecule has 6 N–H and O–H groups in total. The number of rotatable bonds is 26. The number of nitrogens with one attached hydrogen (secondary N) is 4. The van der Waals surface area contributed by atoms with Gasteiger partial charge in [0.05, 0.1) is 0 Å². The Morgan fingerprint density at radius 2 is 0.705 bits per heavy atom. The van der Waals surface area contributed by atoms with Gasteiger partial charge in [-0.3, -0.25) is 28.8 Å². The molecule has 1 aromatic carbocycles. The monoisotopic (exact) mass is 618 g/mol. The lowest BCUT2D eigenvalue weighted by atomic mass is 10.1. The summed E-state index contributed by atoms with van der Waals surface area (Å²) in [6.07, 6.45) is 10.00. The van der Waals surface area contributed by atoms with Crippen molar-refractivity contribution in [1.82, 2.24) is 21.3 Å². The number of benzene rings is 1. The predicted molar refractivity (Wildman–Crippen MR) is 166 cm³/mol. The van der Waals surface area contributed by atoms with E-state index in [4.69, 9.17) is 10.2 Å². The van der Waals surface area contributed by atoms with Gasteiger partial charge in [-0.25, -0.2) is 0 Å². The molecular formula is C32H50N4O8. The van der Waals surface area contributed by atoms with Crippen LogP contribution in [0.3, 0.4) is 0 Å². The minimum atomic E-state index is -0.801. The fourth-order valence-corrected chi connectivity index (χ4v) is 4.34. The predicted octanol–water partition coefficient (Wildman–Crippen LogP) is 3.79. The molecule has 0 saturated heterocycles. The van der Waals surface area contributed by atoms with Gasteiger partial charge in [-0.15, -0.1) is 0 Å². The zero-order chi connectivity index (χ0) is 32.4. The Morgan fingerprint density at radius 1 is 0.409 bits per heavy atom. The summed E-state index contributed by atoms with van der Waals surface area (Å²) < 4.78 is 0. The number of hydrogen-bond donors (Lipinski definition) is 6. The fraction of sp³-hybridized carbons (Fsp3) is 0.625. The summed E-state index contributed by atoms with van der Waals surface area (Å²) in [6.45, 7) is 2.09. The molecule has 0 aliphatic heterocycles. The number of carbonyl (C=O) groups excluding carboxylic acids is 4. The average molecular weight is 619 g/mol. The molecule has 12 nitrogen and oxygen atoms in total. The first-order chi connectivity index (χ1) is 21.2. The Labute approximate surface area is 260 Å². The lowest BCUT2D eigenvalue weighted by Crippen LogP contribution is -2.26. The van der Waals surface area contributed by atoms with Crippen molar-refractivity contribution in [2.45, 2.75) is 103 Å². The second-order valence-electron chi connectivity index (χ2n) is 10.8. The maximum absolute atomic E-state index is 12.4. The van der Waals surface area contributed by atoms with Crippen molar-refractivity contribution in [1.29, 1.82) is 0 Å². The summed E-state index contributed by atoms with van der Waals surface area (Å²) in [5, 5.41) is 28.6. The standard InChI is InChI=1S/C32H50N4O8/c37-27(33-21-9-3-7-15-29(39)40)13-5-1-11-23-35-31(43)25-17-19-26(20-18-25)32(44)36-24-12-2-6-14-28(38)34-22-10-4-8-16-30(41)42/h17-20H,1-16,21-24H2,(H,33,37)(H,34,38)(H,35,43)(H,36,44)(H,39,40)(H,41,42). The van der Waals surface area contributed by atoms with Gasteiger partial charge in [-0.1, -0.05) is 25.7 Å². The van der Waals surface area contributed by atoms with Gasteiger partial charge < -0.3 is 31.5 Å². The van der Waals surface area contributed by atoms with Crippen molar-refractivity contribution < 1.29 is 39.0 Å². The molecule has 0 atom stereocenters. The number of carbonyl (C=O) groups is 6. The molecular weight excluding hydrogens is 568 g/mol. The topological polar surface area (TPSA) is 191 Å². The maximum atomic E-state index is 12.4. The van der Waals surface area contributed by atoms with Gasteiger partial charge in [0.2, 0.25) is 11.8 Å². The van der Waals surface area contributed by atoms with Crippen LogP contribution in [0.1, 0.15) is 123 Å². The van der Waals surface area contributed by atoms with Gasteiger partial charge in [-0.2, -0.15) is 0 Å². The van der Waals surface area contributed by atoms with E-state index in [0.717, 1.165) is 64.2 Å². The zero-order valence-corrected chi connectivity index (χ0v) is 25.8. The number of carboxylic acids is 2. The van der Waals surface area contributed by atoms with Crippen molar-refractivity contribution in [3.63, 3.8) is 0 Å². The molecule has 0 spiro atoms. The van der Waals surface area contributed by atoms with Gasteiger partial charge in [0.1, 0.15) is 0 Å². The second-order valence-corrected chi connectivity index (χ2v) is 10.8. The Balaban J connectivity index is 2.07. The molecule has 0 aliphatic carbocycles. The lowest BCUT2D eigenvalue weighted by molar-refractivity contribution is -0.138. The van der Waals surface area contributed by atoms with Gasteiger partial charge in [0, 0.05) is 63.0 Å². The van der Waals surface area contributed by atoms with E-state index < -0.39 is 11.9 Å². The van der Waals surface area contributed by atoms with Crippen LogP contribution in [-0.4, -0.2) is 72.0 Å². The minimum absolute atomic E-state index is 0.0172. The molecule has 0 saturated carbocycles. The highest BCUT2D eigenvalue weighted by Crippen LogP contribution is 2.07. The van der Waals surface area contributed by atoms with Crippen molar-refractivity contribution in [2.24, 2.45) is 0 Å². The molecule has 0 aliphatic rings. The Kier molecular flexibility index (Phi) is 21.2. The molecule has 0 heterocycles. The molecule has 0 fully saturated rings. The summed E-state index contributed by atoms with van der Waals surface area (Å²) in [5.74, 6) is -2.08. The lowest BCUT2D eigenvalue weighted by Gasteiger charge is -2.08. The van der Waals surface area contributed by atoms with Crippen LogP contribution in [0, 0.1) is 0 Å². The average Bonchev–Trinajstić information content (AvgIpc) is 2.99. The van der Waals surface area contributed by atoms with Gasteiger partial charge in [0.15, 0.2) is 0 Å². The van der Waals surface area contributed by atoms with Gasteiger partial charge in [0.25, 0.3) is 11.8 Å². The molecule has 0 bridgehead atoms. The van der Waals surface area contributed by atoms with Crippen molar-refractivity contribution in [3.05, 3.63) is 35.4 Å². The van der Waals surface area contributed by atoms with Crippen molar-refractivity contribution >= 4 is 35.6 Å². The number of aliphatic carboxylic acids is 2. The number of unbranched alkanes of at least 4 members (excludes halogenated alkanes) is 8. The van der Waals surface area contributed by atoms with Crippen molar-refractivity contribution in [2.75, 3.05) is 26.2 Å². The quantitative estimate of drug-likeness (QED) is 0.0845. The first-order valence-corrected chi connectivity index (χ1v) is 15.8. The van der Waals surface area contributed by atoms with E-state index in [-0.39, 0.29) is 36.5 Å². The summed E-state index contributed by atoms with van der Waals surface area (Å²) in [7, 11) is 0. The Bertz CT molecular complexity index is 949. The smallest absolute Gasteiger partial charge is 0.303 e. The van der Waals surface area contributed by atoms with Crippen LogP contribution in [0.4, 0.5) is 0 Å². The highest BCUT2D eigenvalue weighted by atomic mass is 16.4. The van der Waals surface area contributed by atoms with Crippen LogP contribution in [0.25, 0.3) is 0 Å². The molecule has 1 rings (SSSR count). The third kappa shape index (κ3) is 20.8. The van der Waals surface area contributed by atoms with E-state index in [1.165, 1.54) is 0 Å². The summed E-state index contributed by atoms with van der Waals surface area (Å²) in [4.78, 5) is 69.4. The summed E-state index contributed by atoms with van der Waals surface area (Å²) in [6, 6.07) is 6.45. The molecule has 0 aromatic heterocycles. The van der Waals surface area contributed by atoms with Crippen LogP contribution in [-0.2, 0) is 19.2 Å². The molecule has 1 aromatic rings.